The Morgan fingerprint density at radius 1 is 1.00 bits per heavy atom. The molecule has 3 aromatic heterocycles. The van der Waals surface area contributed by atoms with Crippen molar-refractivity contribution in [3.63, 3.8) is 0 Å². The normalized spacial score (nSPS) is 12.2. The Kier molecular flexibility index (Phi) is 4.72. The van der Waals surface area contributed by atoms with Gasteiger partial charge in [0.1, 0.15) is 5.75 Å². The number of aromatic nitrogens is 4. The third kappa shape index (κ3) is 3.35. The first-order chi connectivity index (χ1) is 12.7. The summed E-state index contributed by atoms with van der Waals surface area (Å²) in [6.07, 6.45) is 0. The highest BCUT2D eigenvalue weighted by Crippen LogP contribution is 2.37. The monoisotopic (exact) mass is 386 g/mol. The topological polar surface area (TPSA) is 87.1 Å². The number of thioether (sulfide) groups is 1. The van der Waals surface area contributed by atoms with E-state index in [0.717, 1.165) is 10.4 Å². The molecule has 0 fully saturated rings. The van der Waals surface area contributed by atoms with E-state index < -0.39 is 0 Å². The third-order valence-corrected chi connectivity index (χ3v) is 5.32. The molecule has 0 aliphatic carbocycles. The highest BCUT2D eigenvalue weighted by atomic mass is 32.2. The molecule has 4 rings (SSSR count). The summed E-state index contributed by atoms with van der Waals surface area (Å²) in [5.74, 6) is 2.11. The van der Waals surface area contributed by atoms with E-state index in [9.17, 15) is 0 Å². The van der Waals surface area contributed by atoms with Crippen molar-refractivity contribution in [2.45, 2.75) is 17.4 Å². The number of ether oxygens (including phenoxy) is 1. The van der Waals surface area contributed by atoms with Crippen LogP contribution in [0.3, 0.4) is 0 Å². The molecule has 0 radical (unpaired) electrons. The Balaban J connectivity index is 1.50. The van der Waals surface area contributed by atoms with Gasteiger partial charge in [0.2, 0.25) is 5.89 Å². The predicted octanol–water partition coefficient (Wildman–Crippen LogP) is 4.71. The number of nitrogens with zero attached hydrogens (tertiary/aromatic N) is 4. The van der Waals surface area contributed by atoms with Gasteiger partial charge in [0.25, 0.3) is 17.0 Å². The van der Waals surface area contributed by atoms with Crippen molar-refractivity contribution in [1.29, 1.82) is 0 Å². The molecule has 3 heterocycles. The van der Waals surface area contributed by atoms with Crippen LogP contribution in [-0.4, -0.2) is 27.5 Å². The minimum absolute atomic E-state index is 0.123. The van der Waals surface area contributed by atoms with Gasteiger partial charge < -0.3 is 13.6 Å². The van der Waals surface area contributed by atoms with Gasteiger partial charge in [0.05, 0.1) is 22.8 Å². The van der Waals surface area contributed by atoms with Crippen molar-refractivity contribution in [3.05, 3.63) is 47.7 Å². The Bertz CT molecular complexity index is 997. The number of para-hydroxylation sites is 1. The second-order valence-electron chi connectivity index (χ2n) is 5.26. The van der Waals surface area contributed by atoms with Gasteiger partial charge in [0, 0.05) is 0 Å². The summed E-state index contributed by atoms with van der Waals surface area (Å²) in [5, 5.41) is 18.7. The van der Waals surface area contributed by atoms with Crippen LogP contribution in [0, 0.1) is 0 Å². The summed E-state index contributed by atoms with van der Waals surface area (Å²) in [5.41, 5.74) is 0.750. The summed E-state index contributed by atoms with van der Waals surface area (Å²) in [7, 11) is 1.60. The second kappa shape index (κ2) is 7.30. The zero-order valence-corrected chi connectivity index (χ0v) is 15.6. The summed E-state index contributed by atoms with van der Waals surface area (Å²) >= 11 is 2.92. The molecule has 0 saturated heterocycles. The maximum atomic E-state index is 5.76. The van der Waals surface area contributed by atoms with E-state index in [4.69, 9.17) is 13.6 Å². The predicted molar refractivity (Wildman–Crippen MR) is 98.2 cm³/mol. The van der Waals surface area contributed by atoms with E-state index in [1.165, 1.54) is 11.8 Å². The molecular weight excluding hydrogens is 372 g/mol. The van der Waals surface area contributed by atoms with Crippen LogP contribution in [0.15, 0.2) is 55.8 Å². The Hall–Kier alpha value is -2.65. The van der Waals surface area contributed by atoms with Gasteiger partial charge in [-0.3, -0.25) is 0 Å². The third-order valence-electron chi connectivity index (χ3n) is 3.54. The first-order valence-corrected chi connectivity index (χ1v) is 9.51. The first-order valence-electron chi connectivity index (χ1n) is 7.75. The van der Waals surface area contributed by atoms with Crippen molar-refractivity contribution >= 4 is 23.1 Å². The van der Waals surface area contributed by atoms with Crippen molar-refractivity contribution in [3.8, 4) is 28.0 Å². The van der Waals surface area contributed by atoms with Crippen LogP contribution in [0.1, 0.15) is 18.1 Å². The van der Waals surface area contributed by atoms with Gasteiger partial charge in [-0.1, -0.05) is 30.0 Å². The molecule has 0 bridgehead atoms. The van der Waals surface area contributed by atoms with Crippen LogP contribution in [0.2, 0.25) is 0 Å². The molecule has 7 nitrogen and oxygen atoms in total. The Morgan fingerprint density at radius 3 is 2.65 bits per heavy atom. The number of thiophene rings is 1. The number of hydrogen-bond acceptors (Lipinski definition) is 9. The van der Waals surface area contributed by atoms with Gasteiger partial charge in [-0.2, -0.15) is 0 Å². The zero-order chi connectivity index (χ0) is 17.9. The fraction of sp³-hybridized carbons (Fsp3) is 0.176. The lowest BCUT2D eigenvalue weighted by Crippen LogP contribution is -1.88. The number of methoxy groups -OCH3 is 1. The minimum atomic E-state index is -0.123. The summed E-state index contributed by atoms with van der Waals surface area (Å²) in [4.78, 5) is 0.942. The maximum absolute atomic E-state index is 5.76. The number of rotatable bonds is 6. The van der Waals surface area contributed by atoms with E-state index in [0.29, 0.717) is 28.6 Å². The van der Waals surface area contributed by atoms with Gasteiger partial charge in [-0.25, -0.2) is 0 Å². The van der Waals surface area contributed by atoms with Crippen LogP contribution in [0.5, 0.6) is 5.75 Å². The molecule has 0 aliphatic heterocycles. The molecule has 0 spiro atoms. The SMILES string of the molecule is COc1ccccc1-c1nnc(S[C@H](C)c2nnc(-c3cccs3)o2)o1. The van der Waals surface area contributed by atoms with Crippen LogP contribution < -0.4 is 4.74 Å². The van der Waals surface area contributed by atoms with Crippen molar-refractivity contribution in [2.24, 2.45) is 0 Å². The lowest BCUT2D eigenvalue weighted by molar-refractivity contribution is 0.411. The maximum Gasteiger partial charge on any atom is 0.277 e. The lowest BCUT2D eigenvalue weighted by Gasteiger charge is -2.03. The fourth-order valence-electron chi connectivity index (χ4n) is 2.29. The van der Waals surface area contributed by atoms with Gasteiger partial charge in [-0.05, 0) is 30.5 Å². The average Bonchev–Trinajstić information content (AvgIpc) is 3.41. The van der Waals surface area contributed by atoms with Gasteiger partial charge in [0.15, 0.2) is 0 Å². The van der Waals surface area contributed by atoms with Gasteiger partial charge in [-0.15, -0.1) is 31.7 Å². The molecule has 26 heavy (non-hydrogen) atoms. The molecule has 9 heteroatoms. The van der Waals surface area contributed by atoms with E-state index in [1.54, 1.807) is 18.4 Å². The molecule has 1 atom stereocenters. The largest absolute Gasteiger partial charge is 0.496 e. The molecule has 0 saturated carbocycles. The average molecular weight is 386 g/mol. The first kappa shape index (κ1) is 16.8. The van der Waals surface area contributed by atoms with E-state index in [-0.39, 0.29) is 5.25 Å². The van der Waals surface area contributed by atoms with Crippen molar-refractivity contribution in [1.82, 2.24) is 20.4 Å². The minimum Gasteiger partial charge on any atom is -0.496 e. The van der Waals surface area contributed by atoms with Crippen LogP contribution in [0.4, 0.5) is 0 Å². The molecule has 1 aromatic carbocycles. The second-order valence-corrected chi connectivity index (χ2v) is 7.50. The highest BCUT2D eigenvalue weighted by molar-refractivity contribution is 7.99. The number of benzene rings is 1. The van der Waals surface area contributed by atoms with Crippen molar-refractivity contribution in [2.75, 3.05) is 7.11 Å². The van der Waals surface area contributed by atoms with Gasteiger partial charge >= 0.3 is 0 Å². The smallest absolute Gasteiger partial charge is 0.277 e. The quantitative estimate of drug-likeness (QED) is 0.440. The van der Waals surface area contributed by atoms with Crippen molar-refractivity contribution < 1.29 is 13.6 Å². The zero-order valence-electron chi connectivity index (χ0n) is 13.9. The fourth-order valence-corrected chi connectivity index (χ4v) is 3.65. The van der Waals surface area contributed by atoms with E-state index in [1.807, 2.05) is 48.7 Å². The highest BCUT2D eigenvalue weighted by Gasteiger charge is 2.20. The Morgan fingerprint density at radius 2 is 1.85 bits per heavy atom. The van der Waals surface area contributed by atoms with Crippen LogP contribution in [-0.2, 0) is 0 Å². The molecule has 132 valence electrons. The summed E-state index contributed by atoms with van der Waals surface area (Å²) in [6.45, 7) is 1.95. The Labute approximate surface area is 157 Å². The number of hydrogen-bond donors (Lipinski definition) is 0. The van der Waals surface area contributed by atoms with E-state index >= 15 is 0 Å². The van der Waals surface area contributed by atoms with E-state index in [2.05, 4.69) is 20.4 Å². The lowest BCUT2D eigenvalue weighted by atomic mass is 10.2. The molecule has 0 amide bonds. The molecule has 0 unspecified atom stereocenters. The summed E-state index contributed by atoms with van der Waals surface area (Å²) in [6, 6.07) is 11.4. The van der Waals surface area contributed by atoms with Crippen LogP contribution >= 0.6 is 23.1 Å². The van der Waals surface area contributed by atoms with Crippen LogP contribution in [0.25, 0.3) is 22.2 Å². The standard InChI is InChI=1S/C17H14N4O3S2/c1-10(14-18-20-16(23-14)13-8-5-9-25-13)26-17-21-19-15(24-17)11-6-3-4-7-12(11)22-2/h3-10H,1-2H3/t10-/m1/s1. The molecular formula is C17H14N4O3S2. The summed E-state index contributed by atoms with van der Waals surface area (Å²) < 4.78 is 16.8. The molecule has 0 N–H and O–H groups in total. The molecule has 0 aliphatic rings. The molecule has 4 aromatic rings.